The molecule has 3 unspecified atom stereocenters. The minimum absolute atomic E-state index is 0.180. The van der Waals surface area contributed by atoms with Gasteiger partial charge in [0.25, 0.3) is 0 Å². The van der Waals surface area contributed by atoms with Gasteiger partial charge in [0.05, 0.1) is 7.11 Å². The molecule has 152 valence electrons. The Balaban J connectivity index is 1.70. The van der Waals surface area contributed by atoms with Gasteiger partial charge in [-0.25, -0.2) is 0 Å². The highest BCUT2D eigenvalue weighted by Gasteiger charge is 2.52. The second kappa shape index (κ2) is 6.92. The molecule has 1 aromatic rings. The van der Waals surface area contributed by atoms with E-state index in [0.717, 1.165) is 24.8 Å². The highest BCUT2D eigenvalue weighted by Crippen LogP contribution is 2.63. The average Bonchev–Trinajstić information content (AvgIpc) is 2.96. The maximum atomic E-state index is 11.4. The van der Waals surface area contributed by atoms with Crippen LogP contribution in [0.1, 0.15) is 56.1 Å². The molecule has 0 amide bonds. The Bertz CT molecular complexity index is 936. The van der Waals surface area contributed by atoms with Crippen LogP contribution in [0.5, 0.6) is 11.5 Å². The zero-order chi connectivity index (χ0) is 20.1. The maximum absolute atomic E-state index is 11.4. The highest BCUT2D eigenvalue weighted by atomic mass is 32.2. The Morgan fingerprint density at radius 2 is 2.00 bits per heavy atom. The van der Waals surface area contributed by atoms with Gasteiger partial charge in [0, 0.05) is 0 Å². The maximum Gasteiger partial charge on any atom is 0.380 e. The van der Waals surface area contributed by atoms with Gasteiger partial charge < -0.3 is 8.92 Å². The fourth-order valence-electron chi connectivity index (χ4n) is 6.19. The summed E-state index contributed by atoms with van der Waals surface area (Å²) in [7, 11) is -2.56. The van der Waals surface area contributed by atoms with Crippen molar-refractivity contribution >= 4 is 10.3 Å². The summed E-state index contributed by atoms with van der Waals surface area (Å²) in [6.07, 6.45) is 11.0. The van der Waals surface area contributed by atoms with E-state index >= 15 is 0 Å². The number of methoxy groups -OCH3 is 1. The van der Waals surface area contributed by atoms with Crippen LogP contribution in [0.4, 0.5) is 0 Å². The molecule has 2 saturated carbocycles. The molecule has 4 atom stereocenters. The SMILES string of the molecule is C=CC=C1CCC2C3CCc4cc(OS(N)(=O)=O)c(OC)cc4C3CC[C@]12C. The van der Waals surface area contributed by atoms with Crippen molar-refractivity contribution in [2.75, 3.05) is 7.11 Å². The molecule has 3 aliphatic carbocycles. The van der Waals surface area contributed by atoms with Crippen LogP contribution in [-0.4, -0.2) is 15.5 Å². The van der Waals surface area contributed by atoms with Gasteiger partial charge in [-0.2, -0.15) is 13.6 Å². The second-order valence-electron chi connectivity index (χ2n) is 8.62. The fourth-order valence-corrected chi connectivity index (χ4v) is 6.57. The van der Waals surface area contributed by atoms with Gasteiger partial charge in [-0.3, -0.25) is 0 Å². The Kier molecular flexibility index (Phi) is 4.82. The smallest absolute Gasteiger partial charge is 0.380 e. The Labute approximate surface area is 167 Å². The highest BCUT2D eigenvalue weighted by molar-refractivity contribution is 7.84. The zero-order valence-corrected chi connectivity index (χ0v) is 17.4. The molecule has 28 heavy (non-hydrogen) atoms. The van der Waals surface area contributed by atoms with Gasteiger partial charge in [-0.05, 0) is 85.0 Å². The van der Waals surface area contributed by atoms with Crippen molar-refractivity contribution in [3.63, 3.8) is 0 Å². The van der Waals surface area contributed by atoms with Gasteiger partial charge in [-0.15, -0.1) is 0 Å². The molecule has 0 saturated heterocycles. The van der Waals surface area contributed by atoms with Crippen molar-refractivity contribution in [1.82, 2.24) is 0 Å². The molecule has 0 bridgehead atoms. The first-order valence-electron chi connectivity index (χ1n) is 10.0. The normalized spacial score (nSPS) is 33.0. The summed E-state index contributed by atoms with van der Waals surface area (Å²) in [6.45, 7) is 6.34. The largest absolute Gasteiger partial charge is 0.493 e. The van der Waals surface area contributed by atoms with Crippen LogP contribution in [0.3, 0.4) is 0 Å². The van der Waals surface area contributed by atoms with E-state index in [9.17, 15) is 8.42 Å². The number of fused-ring (bicyclic) bond motifs is 5. The number of ether oxygens (including phenoxy) is 1. The molecule has 2 fully saturated rings. The van der Waals surface area contributed by atoms with Gasteiger partial charge in [0.15, 0.2) is 11.5 Å². The topological polar surface area (TPSA) is 78.6 Å². The van der Waals surface area contributed by atoms with Crippen LogP contribution in [0, 0.1) is 17.3 Å². The first-order valence-corrected chi connectivity index (χ1v) is 11.5. The summed E-state index contributed by atoms with van der Waals surface area (Å²) >= 11 is 0. The van der Waals surface area contributed by atoms with Crippen molar-refractivity contribution in [3.8, 4) is 11.5 Å². The average molecular weight is 404 g/mol. The summed E-state index contributed by atoms with van der Waals surface area (Å²) < 4.78 is 33.2. The third kappa shape index (κ3) is 3.16. The molecule has 3 aliphatic rings. The van der Waals surface area contributed by atoms with E-state index in [1.807, 2.05) is 12.1 Å². The van der Waals surface area contributed by atoms with Crippen molar-refractivity contribution in [2.45, 2.75) is 51.4 Å². The number of hydrogen-bond acceptors (Lipinski definition) is 4. The van der Waals surface area contributed by atoms with Crippen molar-refractivity contribution < 1.29 is 17.3 Å². The second-order valence-corrected chi connectivity index (χ2v) is 9.77. The van der Waals surface area contributed by atoms with Crippen LogP contribution in [0.15, 0.2) is 36.4 Å². The molecule has 0 aromatic heterocycles. The van der Waals surface area contributed by atoms with Crippen LogP contribution in [-0.2, 0) is 16.7 Å². The third-order valence-electron chi connectivity index (χ3n) is 7.38. The molecular weight excluding hydrogens is 374 g/mol. The summed E-state index contributed by atoms with van der Waals surface area (Å²) in [4.78, 5) is 0. The number of benzene rings is 1. The van der Waals surface area contributed by atoms with E-state index in [1.54, 1.807) is 11.6 Å². The molecule has 4 rings (SSSR count). The van der Waals surface area contributed by atoms with E-state index in [4.69, 9.17) is 14.1 Å². The molecule has 1 aromatic carbocycles. The molecule has 0 aliphatic heterocycles. The van der Waals surface area contributed by atoms with Gasteiger partial charge >= 0.3 is 10.3 Å². The first kappa shape index (κ1) is 19.5. The van der Waals surface area contributed by atoms with Crippen LogP contribution in [0.2, 0.25) is 0 Å². The molecule has 0 spiro atoms. The van der Waals surface area contributed by atoms with Gasteiger partial charge in [0.2, 0.25) is 0 Å². The molecular formula is C22H29NO4S. The van der Waals surface area contributed by atoms with E-state index in [2.05, 4.69) is 19.6 Å². The standard InChI is InChI=1S/C22H29NO4S/c1-4-5-15-7-9-19-17-8-6-14-12-21(27-28(23,24)25)20(26-3)13-18(14)16(17)10-11-22(15,19)2/h4-5,12-13,16-17,19H,1,6-11H2,2-3H3,(H2,23,24,25)/t16?,17?,19?,22-/m1/s1. The molecule has 0 heterocycles. The van der Waals surface area contributed by atoms with Crippen molar-refractivity contribution in [1.29, 1.82) is 0 Å². The summed E-state index contributed by atoms with van der Waals surface area (Å²) in [5, 5.41) is 5.07. The number of nitrogens with two attached hydrogens (primary N) is 1. The van der Waals surface area contributed by atoms with Gasteiger partial charge in [-0.1, -0.05) is 31.2 Å². The Morgan fingerprint density at radius 3 is 2.68 bits per heavy atom. The fraction of sp³-hybridized carbons (Fsp3) is 0.545. The lowest BCUT2D eigenvalue weighted by Crippen LogP contribution is -2.40. The lowest BCUT2D eigenvalue weighted by Gasteiger charge is -2.49. The van der Waals surface area contributed by atoms with E-state index in [0.29, 0.717) is 23.5 Å². The zero-order valence-electron chi connectivity index (χ0n) is 16.6. The predicted molar refractivity (Wildman–Crippen MR) is 110 cm³/mol. The molecule has 5 nitrogen and oxygen atoms in total. The van der Waals surface area contributed by atoms with E-state index in [-0.39, 0.29) is 11.2 Å². The molecule has 2 N–H and O–H groups in total. The quantitative estimate of drug-likeness (QED) is 0.815. The number of allylic oxidation sites excluding steroid dienone is 3. The van der Waals surface area contributed by atoms with E-state index < -0.39 is 10.3 Å². The number of hydrogen-bond donors (Lipinski definition) is 1. The third-order valence-corrected chi connectivity index (χ3v) is 7.79. The Hall–Kier alpha value is -1.79. The summed E-state index contributed by atoms with van der Waals surface area (Å²) in [5.74, 6) is 2.44. The molecule has 0 radical (unpaired) electrons. The monoisotopic (exact) mass is 403 g/mol. The number of rotatable bonds is 4. The first-order chi connectivity index (χ1) is 13.3. The minimum Gasteiger partial charge on any atom is -0.493 e. The van der Waals surface area contributed by atoms with E-state index in [1.165, 1.54) is 31.9 Å². The molecule has 6 heteroatoms. The van der Waals surface area contributed by atoms with Crippen LogP contribution >= 0.6 is 0 Å². The van der Waals surface area contributed by atoms with Gasteiger partial charge in [0.1, 0.15) is 0 Å². The van der Waals surface area contributed by atoms with Crippen LogP contribution < -0.4 is 14.1 Å². The lowest BCUT2D eigenvalue weighted by atomic mass is 9.55. The summed E-state index contributed by atoms with van der Waals surface area (Å²) in [5.41, 5.74) is 4.29. The number of aryl methyl sites for hydroxylation is 1. The van der Waals surface area contributed by atoms with Crippen LogP contribution in [0.25, 0.3) is 0 Å². The Morgan fingerprint density at radius 1 is 1.21 bits per heavy atom. The van der Waals surface area contributed by atoms with Crippen molar-refractivity contribution in [3.05, 3.63) is 47.6 Å². The van der Waals surface area contributed by atoms with Crippen molar-refractivity contribution in [2.24, 2.45) is 22.4 Å². The minimum atomic E-state index is -4.09. The summed E-state index contributed by atoms with van der Waals surface area (Å²) in [6, 6.07) is 3.78. The lowest BCUT2D eigenvalue weighted by molar-refractivity contribution is 0.0813. The predicted octanol–water partition coefficient (Wildman–Crippen LogP) is 4.25.